The zero-order valence-corrected chi connectivity index (χ0v) is 19.5. The minimum Gasteiger partial charge on any atom is -0.489 e. The Kier molecular flexibility index (Phi) is 7.77. The molecule has 2 aromatic rings. The first kappa shape index (κ1) is 24.0. The van der Waals surface area contributed by atoms with Crippen LogP contribution in [0, 0.1) is 11.3 Å². The molecule has 1 amide bonds. The van der Waals surface area contributed by atoms with E-state index in [2.05, 4.69) is 9.97 Å². The van der Waals surface area contributed by atoms with E-state index in [4.69, 9.17) is 32.7 Å². The number of carbonyl (C=O) groups excluding carboxylic acids is 1. The van der Waals surface area contributed by atoms with Crippen LogP contribution in [0.25, 0.3) is 0 Å². The summed E-state index contributed by atoms with van der Waals surface area (Å²) < 4.78 is 34.4. The van der Waals surface area contributed by atoms with Gasteiger partial charge in [-0.05, 0) is 12.1 Å². The number of hydrogen-bond acceptors (Lipinski definition) is 8. The van der Waals surface area contributed by atoms with Gasteiger partial charge in [0.05, 0.1) is 16.5 Å². The van der Waals surface area contributed by atoms with Crippen LogP contribution in [0.2, 0.25) is 5.02 Å². The van der Waals surface area contributed by atoms with Crippen LogP contribution in [0.15, 0.2) is 29.6 Å². The highest BCUT2D eigenvalue weighted by atomic mass is 35.5. The van der Waals surface area contributed by atoms with E-state index in [1.807, 2.05) is 6.07 Å². The molecular weight excluding hydrogens is 479 g/mol. The Hall–Kier alpha value is -2.61. The van der Waals surface area contributed by atoms with Gasteiger partial charge in [-0.3, -0.25) is 4.79 Å². The van der Waals surface area contributed by atoms with Gasteiger partial charge in [-0.1, -0.05) is 11.6 Å². The van der Waals surface area contributed by atoms with E-state index < -0.39 is 9.84 Å². The highest BCUT2D eigenvalue weighted by Gasteiger charge is 2.26. The minimum absolute atomic E-state index is 0.162. The van der Waals surface area contributed by atoms with E-state index in [0.29, 0.717) is 25.9 Å². The molecule has 1 aliphatic heterocycles. The number of piperidine rings is 1. The van der Waals surface area contributed by atoms with E-state index in [1.54, 1.807) is 4.90 Å². The smallest absolute Gasteiger partial charge is 0.253 e. The summed E-state index contributed by atoms with van der Waals surface area (Å²) in [6.07, 6.45) is 3.18. The second-order valence-corrected chi connectivity index (χ2v) is 9.74. The molecule has 0 unspecified atom stereocenters. The molecule has 0 atom stereocenters. The predicted molar refractivity (Wildman–Crippen MR) is 117 cm³/mol. The zero-order chi connectivity index (χ0) is 23.3. The number of carbonyl (C=O) groups is 1. The van der Waals surface area contributed by atoms with Crippen molar-refractivity contribution in [3.8, 4) is 17.7 Å². The molecular formula is C20H20Cl2N4O5S. The number of alkyl halides is 1. The van der Waals surface area contributed by atoms with Crippen molar-refractivity contribution in [3.05, 3.63) is 40.5 Å². The lowest BCUT2D eigenvalue weighted by molar-refractivity contribution is 0.0586. The number of hydrogen-bond donors (Lipinski definition) is 0. The van der Waals surface area contributed by atoms with Gasteiger partial charge in [0.25, 0.3) is 5.91 Å². The number of benzene rings is 1. The van der Waals surface area contributed by atoms with Crippen LogP contribution in [0.3, 0.4) is 0 Å². The molecule has 0 spiro atoms. The molecule has 1 aliphatic rings. The lowest BCUT2D eigenvalue weighted by atomic mass is 10.0. The van der Waals surface area contributed by atoms with Crippen LogP contribution >= 0.6 is 23.2 Å². The van der Waals surface area contributed by atoms with Crippen LogP contribution in [-0.4, -0.2) is 67.1 Å². The summed E-state index contributed by atoms with van der Waals surface area (Å²) in [5.74, 6) is 0.357. The van der Waals surface area contributed by atoms with Gasteiger partial charge in [0.1, 0.15) is 18.8 Å². The van der Waals surface area contributed by atoms with Crippen LogP contribution in [0.4, 0.5) is 0 Å². The molecule has 1 aromatic heterocycles. The van der Waals surface area contributed by atoms with Gasteiger partial charge in [-0.15, -0.1) is 11.6 Å². The molecule has 0 N–H and O–H groups in total. The summed E-state index contributed by atoms with van der Waals surface area (Å²) in [6, 6.07) is 6.42. The summed E-state index contributed by atoms with van der Waals surface area (Å²) in [5.41, 5.74) is 0.451. The van der Waals surface area contributed by atoms with Gasteiger partial charge in [0, 0.05) is 50.0 Å². The zero-order valence-electron chi connectivity index (χ0n) is 17.1. The lowest BCUT2D eigenvalue weighted by Crippen LogP contribution is -2.41. The quantitative estimate of drug-likeness (QED) is 0.421. The Bertz CT molecular complexity index is 1150. The first-order valence-corrected chi connectivity index (χ1v) is 12.4. The van der Waals surface area contributed by atoms with Crippen molar-refractivity contribution in [2.75, 3.05) is 31.8 Å². The Balaban J connectivity index is 1.65. The molecule has 2 heterocycles. The number of ether oxygens (including phenoxy) is 2. The number of halogens is 2. The van der Waals surface area contributed by atoms with Crippen molar-refractivity contribution in [2.45, 2.75) is 24.1 Å². The average molecular weight is 499 g/mol. The predicted octanol–water partition coefficient (Wildman–Crippen LogP) is 2.71. The van der Waals surface area contributed by atoms with Gasteiger partial charge in [-0.25, -0.2) is 13.4 Å². The molecule has 1 aromatic carbocycles. The van der Waals surface area contributed by atoms with Crippen LogP contribution in [0.1, 0.15) is 28.8 Å². The van der Waals surface area contributed by atoms with Crippen molar-refractivity contribution < 1.29 is 22.7 Å². The molecule has 9 nitrogen and oxygen atoms in total. The summed E-state index contributed by atoms with van der Waals surface area (Å²) >= 11 is 11.8. The van der Waals surface area contributed by atoms with Crippen molar-refractivity contribution in [3.63, 3.8) is 0 Å². The van der Waals surface area contributed by atoms with Gasteiger partial charge in [0.15, 0.2) is 5.75 Å². The van der Waals surface area contributed by atoms with Crippen LogP contribution < -0.4 is 9.47 Å². The number of nitriles is 1. The third kappa shape index (κ3) is 5.79. The molecule has 1 saturated heterocycles. The Labute approximate surface area is 195 Å². The monoisotopic (exact) mass is 498 g/mol. The number of likely N-dealkylation sites (tertiary alicyclic amines) is 1. The standard InChI is InChI=1S/C20H20Cl2N4O5S/c1-32(28,29)20-24-6-2-17(25-20)31-15-3-7-26(8-4-15)19(27)13-10-14(12-23)18(16(22)11-13)30-9-5-21/h2,6,10-11,15H,3-5,7-9H2,1H3. The Morgan fingerprint density at radius 1 is 1.34 bits per heavy atom. The number of aromatic nitrogens is 2. The second-order valence-electron chi connectivity index (χ2n) is 7.04. The van der Waals surface area contributed by atoms with Crippen molar-refractivity contribution in [1.82, 2.24) is 14.9 Å². The van der Waals surface area contributed by atoms with E-state index in [0.717, 1.165) is 6.26 Å². The molecule has 0 aliphatic carbocycles. The number of rotatable bonds is 7. The SMILES string of the molecule is CS(=O)(=O)c1nccc(OC2CCN(C(=O)c3cc(Cl)c(OCCCl)c(C#N)c3)CC2)n1. The molecule has 0 bridgehead atoms. The molecule has 3 rings (SSSR count). The maximum atomic E-state index is 12.9. The fraction of sp³-hybridized carbons (Fsp3) is 0.400. The number of sulfone groups is 1. The second kappa shape index (κ2) is 10.3. The summed E-state index contributed by atoms with van der Waals surface area (Å²) in [7, 11) is -3.54. The number of amides is 1. The highest BCUT2D eigenvalue weighted by molar-refractivity contribution is 7.90. The van der Waals surface area contributed by atoms with Gasteiger partial charge >= 0.3 is 0 Å². The topological polar surface area (TPSA) is 122 Å². The molecule has 32 heavy (non-hydrogen) atoms. The van der Waals surface area contributed by atoms with E-state index in [9.17, 15) is 18.5 Å². The summed E-state index contributed by atoms with van der Waals surface area (Å²) in [5, 5.41) is 9.26. The molecule has 0 radical (unpaired) electrons. The van der Waals surface area contributed by atoms with Crippen LogP contribution in [0.5, 0.6) is 11.6 Å². The third-order valence-electron chi connectivity index (χ3n) is 4.69. The van der Waals surface area contributed by atoms with Gasteiger partial charge < -0.3 is 14.4 Å². The fourth-order valence-corrected chi connectivity index (χ4v) is 4.05. The van der Waals surface area contributed by atoms with Crippen LogP contribution in [-0.2, 0) is 9.84 Å². The normalized spacial score (nSPS) is 14.6. The summed E-state index contributed by atoms with van der Waals surface area (Å²) in [6.45, 7) is 1.02. The van der Waals surface area contributed by atoms with E-state index in [1.165, 1.54) is 24.4 Å². The average Bonchev–Trinajstić information content (AvgIpc) is 2.77. The highest BCUT2D eigenvalue weighted by Crippen LogP contribution is 2.31. The largest absolute Gasteiger partial charge is 0.489 e. The summed E-state index contributed by atoms with van der Waals surface area (Å²) in [4.78, 5) is 22.2. The minimum atomic E-state index is -3.54. The van der Waals surface area contributed by atoms with Gasteiger partial charge in [-0.2, -0.15) is 10.2 Å². The maximum Gasteiger partial charge on any atom is 0.253 e. The number of nitrogens with zero attached hydrogens (tertiary/aromatic N) is 4. The first-order valence-electron chi connectivity index (χ1n) is 9.64. The van der Waals surface area contributed by atoms with Crippen molar-refractivity contribution in [1.29, 1.82) is 5.26 Å². The van der Waals surface area contributed by atoms with Crippen molar-refractivity contribution in [2.24, 2.45) is 0 Å². The molecule has 170 valence electrons. The molecule has 0 saturated carbocycles. The lowest BCUT2D eigenvalue weighted by Gasteiger charge is -2.32. The third-order valence-corrected chi connectivity index (χ3v) is 5.99. The van der Waals surface area contributed by atoms with E-state index in [-0.39, 0.29) is 57.4 Å². The molecule has 12 heteroatoms. The maximum absolute atomic E-state index is 12.9. The van der Waals surface area contributed by atoms with Gasteiger partial charge in [0.2, 0.25) is 20.9 Å². The van der Waals surface area contributed by atoms with E-state index >= 15 is 0 Å². The van der Waals surface area contributed by atoms with Crippen molar-refractivity contribution >= 4 is 38.9 Å². The Morgan fingerprint density at radius 3 is 2.69 bits per heavy atom. The Morgan fingerprint density at radius 2 is 2.06 bits per heavy atom. The first-order chi connectivity index (χ1) is 15.2. The molecule has 1 fully saturated rings. The fourth-order valence-electron chi connectivity index (χ4n) is 3.19.